The lowest BCUT2D eigenvalue weighted by atomic mass is 9.93. The summed E-state index contributed by atoms with van der Waals surface area (Å²) in [5, 5.41) is 0. The van der Waals surface area contributed by atoms with Gasteiger partial charge < -0.3 is 0 Å². The van der Waals surface area contributed by atoms with Gasteiger partial charge in [-0.1, -0.05) is 19.4 Å². The van der Waals surface area contributed by atoms with Crippen molar-refractivity contribution in [1.29, 1.82) is 0 Å². The second kappa shape index (κ2) is 5.79. The summed E-state index contributed by atoms with van der Waals surface area (Å²) < 4.78 is 27.5. The maximum Gasteiger partial charge on any atom is 0.130 e. The van der Waals surface area contributed by atoms with Crippen LogP contribution in [0.25, 0.3) is 0 Å². The van der Waals surface area contributed by atoms with E-state index in [9.17, 15) is 8.78 Å². The Hall–Kier alpha value is -0.960. The van der Waals surface area contributed by atoms with Crippen LogP contribution in [-0.2, 0) is 0 Å². The first kappa shape index (κ1) is 13.5. The molecule has 0 N–H and O–H groups in total. The Morgan fingerprint density at radius 1 is 1.33 bits per heavy atom. The number of nitrogens with zero attached hydrogens (tertiary/aromatic N) is 1. The minimum atomic E-state index is -0.430. The van der Waals surface area contributed by atoms with Crippen molar-refractivity contribution in [3.8, 4) is 0 Å². The van der Waals surface area contributed by atoms with Crippen LogP contribution in [0, 0.1) is 17.6 Å². The van der Waals surface area contributed by atoms with Crippen LogP contribution >= 0.6 is 0 Å². The van der Waals surface area contributed by atoms with E-state index in [1.54, 1.807) is 0 Å². The Balaban J connectivity index is 2.17. The largest absolute Gasteiger partial charge is 0.296 e. The molecule has 0 saturated carbocycles. The molecule has 1 aliphatic rings. The molecule has 0 radical (unpaired) electrons. The molecule has 1 fully saturated rings. The van der Waals surface area contributed by atoms with Gasteiger partial charge in [-0.3, -0.25) is 4.90 Å². The first-order valence-corrected chi connectivity index (χ1v) is 6.81. The third-order valence-electron chi connectivity index (χ3n) is 4.09. The lowest BCUT2D eigenvalue weighted by molar-refractivity contribution is 0.125. The maximum atomic E-state index is 13.8. The lowest BCUT2D eigenvalue weighted by Gasteiger charge is -2.36. The minimum absolute atomic E-state index is 0.180. The molecule has 100 valence electrons. The normalized spacial score (nSPS) is 23.0. The molecule has 2 atom stereocenters. The van der Waals surface area contributed by atoms with Crippen molar-refractivity contribution in [2.75, 3.05) is 13.1 Å². The summed E-state index contributed by atoms with van der Waals surface area (Å²) in [4.78, 5) is 2.21. The van der Waals surface area contributed by atoms with E-state index in [1.165, 1.54) is 24.6 Å². The Kier molecular flexibility index (Phi) is 4.33. The molecular weight excluding hydrogens is 232 g/mol. The zero-order valence-corrected chi connectivity index (χ0v) is 11.1. The average Bonchev–Trinajstić information content (AvgIpc) is 2.38. The van der Waals surface area contributed by atoms with Gasteiger partial charge in [0.15, 0.2) is 0 Å². The van der Waals surface area contributed by atoms with Gasteiger partial charge >= 0.3 is 0 Å². The lowest BCUT2D eigenvalue weighted by Crippen LogP contribution is -2.37. The Morgan fingerprint density at radius 3 is 2.61 bits per heavy atom. The van der Waals surface area contributed by atoms with E-state index in [0.29, 0.717) is 5.92 Å². The fourth-order valence-electron chi connectivity index (χ4n) is 2.87. The highest BCUT2D eigenvalue weighted by Crippen LogP contribution is 2.30. The molecule has 0 unspecified atom stereocenters. The van der Waals surface area contributed by atoms with Crippen molar-refractivity contribution < 1.29 is 8.78 Å². The summed E-state index contributed by atoms with van der Waals surface area (Å²) in [6.45, 7) is 5.97. The van der Waals surface area contributed by atoms with E-state index >= 15 is 0 Å². The van der Waals surface area contributed by atoms with Gasteiger partial charge in [0.05, 0.1) is 0 Å². The summed E-state index contributed by atoms with van der Waals surface area (Å²) in [5.74, 6) is -0.196. The monoisotopic (exact) mass is 253 g/mol. The van der Waals surface area contributed by atoms with Crippen LogP contribution in [0.2, 0.25) is 0 Å². The molecule has 0 aliphatic carbocycles. The highest BCUT2D eigenvalue weighted by molar-refractivity contribution is 5.23. The predicted molar refractivity (Wildman–Crippen MR) is 69.4 cm³/mol. The molecule has 0 aromatic heterocycles. The van der Waals surface area contributed by atoms with E-state index in [-0.39, 0.29) is 11.6 Å². The van der Waals surface area contributed by atoms with Gasteiger partial charge in [-0.2, -0.15) is 0 Å². The number of benzene rings is 1. The molecule has 0 spiro atoms. The van der Waals surface area contributed by atoms with Crippen molar-refractivity contribution >= 4 is 0 Å². The van der Waals surface area contributed by atoms with Gasteiger partial charge in [0, 0.05) is 18.2 Å². The van der Waals surface area contributed by atoms with Crippen LogP contribution in [0.3, 0.4) is 0 Å². The summed E-state index contributed by atoms with van der Waals surface area (Å²) in [6, 6.07) is 3.93. The quantitative estimate of drug-likeness (QED) is 0.782. The van der Waals surface area contributed by atoms with E-state index in [2.05, 4.69) is 11.8 Å². The van der Waals surface area contributed by atoms with E-state index in [1.807, 2.05) is 6.92 Å². The van der Waals surface area contributed by atoms with Gasteiger partial charge in [-0.05, 0) is 44.4 Å². The van der Waals surface area contributed by atoms with Gasteiger partial charge in [0.1, 0.15) is 11.6 Å². The molecule has 1 aromatic rings. The molecule has 2 rings (SSSR count). The molecule has 1 aromatic carbocycles. The number of piperidine rings is 1. The number of rotatable bonds is 3. The zero-order chi connectivity index (χ0) is 13.1. The van der Waals surface area contributed by atoms with E-state index < -0.39 is 11.6 Å². The Labute approximate surface area is 108 Å². The zero-order valence-electron chi connectivity index (χ0n) is 11.1. The van der Waals surface area contributed by atoms with E-state index in [0.717, 1.165) is 25.9 Å². The standard InChI is InChI=1S/C15H21F2N/c1-3-12-6-5-9-18(10-12)11(2)15-13(16)7-4-8-14(15)17/h4,7-8,11-12H,3,5-6,9-10H2,1-2H3/t11-,12+/m1/s1. The van der Waals surface area contributed by atoms with Crippen molar-refractivity contribution in [2.24, 2.45) is 5.92 Å². The summed E-state index contributed by atoms with van der Waals surface area (Å²) in [6.07, 6.45) is 3.50. The predicted octanol–water partition coefficient (Wildman–Crippen LogP) is 4.15. The van der Waals surface area contributed by atoms with Crippen LogP contribution in [0.15, 0.2) is 18.2 Å². The number of hydrogen-bond donors (Lipinski definition) is 0. The van der Waals surface area contributed by atoms with Crippen LogP contribution < -0.4 is 0 Å². The number of hydrogen-bond acceptors (Lipinski definition) is 1. The highest BCUT2D eigenvalue weighted by atomic mass is 19.1. The van der Waals surface area contributed by atoms with Gasteiger partial charge in [-0.25, -0.2) is 8.78 Å². The topological polar surface area (TPSA) is 3.24 Å². The fraction of sp³-hybridized carbons (Fsp3) is 0.600. The van der Waals surface area contributed by atoms with Gasteiger partial charge in [0.25, 0.3) is 0 Å². The van der Waals surface area contributed by atoms with E-state index in [4.69, 9.17) is 0 Å². The first-order valence-electron chi connectivity index (χ1n) is 6.81. The summed E-state index contributed by atoms with van der Waals surface area (Å²) >= 11 is 0. The third-order valence-corrected chi connectivity index (χ3v) is 4.09. The Bertz CT molecular complexity index is 385. The molecule has 18 heavy (non-hydrogen) atoms. The first-order chi connectivity index (χ1) is 8.63. The summed E-state index contributed by atoms with van der Waals surface area (Å²) in [5.41, 5.74) is 0.217. The second-order valence-corrected chi connectivity index (χ2v) is 5.22. The second-order valence-electron chi connectivity index (χ2n) is 5.22. The van der Waals surface area contributed by atoms with Crippen molar-refractivity contribution in [3.63, 3.8) is 0 Å². The van der Waals surface area contributed by atoms with Crippen molar-refractivity contribution in [2.45, 2.75) is 39.2 Å². The molecule has 0 amide bonds. The van der Waals surface area contributed by atoms with Crippen molar-refractivity contribution in [1.82, 2.24) is 4.90 Å². The van der Waals surface area contributed by atoms with Crippen LogP contribution in [0.5, 0.6) is 0 Å². The van der Waals surface area contributed by atoms with Crippen LogP contribution in [0.4, 0.5) is 8.78 Å². The highest BCUT2D eigenvalue weighted by Gasteiger charge is 2.26. The molecule has 0 bridgehead atoms. The van der Waals surface area contributed by atoms with Crippen LogP contribution in [0.1, 0.15) is 44.7 Å². The maximum absolute atomic E-state index is 13.8. The molecule has 1 heterocycles. The van der Waals surface area contributed by atoms with Crippen LogP contribution in [-0.4, -0.2) is 18.0 Å². The molecule has 1 saturated heterocycles. The summed E-state index contributed by atoms with van der Waals surface area (Å²) in [7, 11) is 0. The average molecular weight is 253 g/mol. The molecule has 3 heteroatoms. The van der Waals surface area contributed by atoms with Gasteiger partial charge in [-0.15, -0.1) is 0 Å². The molecule has 1 aliphatic heterocycles. The number of likely N-dealkylation sites (tertiary alicyclic amines) is 1. The third kappa shape index (κ3) is 2.72. The minimum Gasteiger partial charge on any atom is -0.296 e. The smallest absolute Gasteiger partial charge is 0.130 e. The van der Waals surface area contributed by atoms with Gasteiger partial charge in [0.2, 0.25) is 0 Å². The van der Waals surface area contributed by atoms with Crippen molar-refractivity contribution in [3.05, 3.63) is 35.4 Å². The molecule has 1 nitrogen and oxygen atoms in total. The Morgan fingerprint density at radius 2 is 2.00 bits per heavy atom. The molecular formula is C15H21F2N. The number of halogens is 2. The SMILES string of the molecule is CC[C@H]1CCCN([C@H](C)c2c(F)cccc2F)C1. The fourth-order valence-corrected chi connectivity index (χ4v) is 2.87.